The summed E-state index contributed by atoms with van der Waals surface area (Å²) in [5.41, 5.74) is 5.17. The maximum absolute atomic E-state index is 14.6. The highest BCUT2D eigenvalue weighted by Crippen LogP contribution is 2.54. The second kappa shape index (κ2) is 19.5. The quantitative estimate of drug-likeness (QED) is 0.113. The fraction of sp³-hybridized carbons (Fsp3) is 0.569. The molecule has 5 aliphatic rings. The number of aromatic nitrogens is 4. The summed E-state index contributed by atoms with van der Waals surface area (Å²) in [6, 6.07) is 14.2. The van der Waals surface area contributed by atoms with Gasteiger partial charge in [0, 0.05) is 29.4 Å². The molecule has 4 saturated heterocycles. The van der Waals surface area contributed by atoms with E-state index in [-0.39, 0.29) is 78.2 Å². The van der Waals surface area contributed by atoms with E-state index in [0.29, 0.717) is 54.1 Å². The number of carbonyl (C=O) groups is 4. The predicted molar refractivity (Wildman–Crippen MR) is 255 cm³/mol. The van der Waals surface area contributed by atoms with Gasteiger partial charge in [-0.2, -0.15) is 0 Å². The number of carbonyl (C=O) groups excluding carboxylic acids is 4. The van der Waals surface area contributed by atoms with Gasteiger partial charge in [-0.1, -0.05) is 67.1 Å². The molecule has 0 spiro atoms. The SMILES string of the molecule is COC(=O)NC(C(=O)N1[C@H](C)C(C)C[C@H]1c1nc(-c2ccc(-c3ccc(-c4nc([C@@H]5C[C@H]6C[C@H]6N5C(=O)C(NC(=O)OC)[C@H]5C[C@@H](C)O[C@@H](C)C5)[nH]c4Cl)cc3)cc2)c[nH]1)[C@H]1C[C@@H](C)O[C@@H](C)C1. The number of rotatable bonds is 11. The Bertz CT molecular complexity index is 2460. The molecule has 2 aromatic carbocycles. The first-order valence-corrected chi connectivity index (χ1v) is 24.6. The molecular formula is C51H65ClN8O8. The minimum Gasteiger partial charge on any atom is -0.453 e. The lowest BCUT2D eigenvalue weighted by molar-refractivity contribution is -0.141. The van der Waals surface area contributed by atoms with Crippen LogP contribution in [0.1, 0.15) is 110 Å². The standard InChI is InChI=1S/C51H65ClN8O8/c1-25-17-40(59(30(25)6)48(61)43(56-50(63)65-7)36-18-26(2)67-27(3)19-36)46-53-24-38(54-46)33-13-9-31(10-14-33)32-11-15-34(16-12-32)42-45(52)58-47(55-42)41-23-35-22-39(35)60(41)49(62)44(57-51(64)66-8)37-20-28(4)68-29(5)21-37/h9-16,24-30,35-37,39-41,43-44H,17-23H2,1-8H3,(H,53,54)(H,55,58)(H,56,63)(H,57,64)/t25?,26-,27+,28-,29+,30-,35-,36+,37+,39-,40+,41+,43?,44?/m1/s1. The number of hydrogen-bond acceptors (Lipinski definition) is 10. The molecule has 4 aromatic rings. The normalized spacial score (nSPS) is 30.8. The molecule has 364 valence electrons. The lowest BCUT2D eigenvalue weighted by Gasteiger charge is -2.39. The predicted octanol–water partition coefficient (Wildman–Crippen LogP) is 8.60. The first-order chi connectivity index (χ1) is 32.6. The summed E-state index contributed by atoms with van der Waals surface area (Å²) >= 11 is 6.87. The molecule has 4 aliphatic heterocycles. The van der Waals surface area contributed by atoms with Crippen LogP contribution in [0.2, 0.25) is 5.15 Å². The average molecular weight is 954 g/mol. The zero-order chi connectivity index (χ0) is 48.1. The molecule has 4 amide bonds. The van der Waals surface area contributed by atoms with Gasteiger partial charge in [-0.25, -0.2) is 19.6 Å². The van der Waals surface area contributed by atoms with Gasteiger partial charge in [0.05, 0.1) is 56.4 Å². The van der Waals surface area contributed by atoms with E-state index in [2.05, 4.69) is 46.6 Å². The Morgan fingerprint density at radius 3 is 1.66 bits per heavy atom. The largest absolute Gasteiger partial charge is 0.453 e. The number of imidazole rings is 2. The van der Waals surface area contributed by atoms with Crippen LogP contribution < -0.4 is 10.6 Å². The molecule has 68 heavy (non-hydrogen) atoms. The topological polar surface area (TPSA) is 193 Å². The van der Waals surface area contributed by atoms with Crippen LogP contribution in [0.4, 0.5) is 9.59 Å². The number of nitrogens with one attached hydrogen (secondary N) is 4. The van der Waals surface area contributed by atoms with Crippen molar-refractivity contribution in [2.24, 2.45) is 23.7 Å². The number of H-pyrrole nitrogens is 2. The molecule has 3 unspecified atom stereocenters. The number of methoxy groups -OCH3 is 2. The van der Waals surface area contributed by atoms with Crippen LogP contribution >= 0.6 is 11.6 Å². The van der Waals surface area contributed by atoms with E-state index >= 15 is 0 Å². The summed E-state index contributed by atoms with van der Waals surface area (Å²) in [5.74, 6) is 1.46. The van der Waals surface area contributed by atoms with Gasteiger partial charge in [-0.15, -0.1) is 0 Å². The Morgan fingerprint density at radius 1 is 0.647 bits per heavy atom. The van der Waals surface area contributed by atoms with Crippen LogP contribution in [0.15, 0.2) is 54.7 Å². The molecule has 1 aliphatic carbocycles. The smallest absolute Gasteiger partial charge is 0.407 e. The molecule has 16 nitrogen and oxygen atoms in total. The van der Waals surface area contributed by atoms with E-state index in [1.54, 1.807) is 0 Å². The van der Waals surface area contributed by atoms with Gasteiger partial charge in [-0.05, 0) is 114 Å². The molecule has 14 atom stereocenters. The number of halogens is 1. The minimum absolute atomic E-state index is 0.0343. The number of alkyl carbamates (subject to hydrolysis) is 2. The summed E-state index contributed by atoms with van der Waals surface area (Å²) in [4.78, 5) is 74.8. The summed E-state index contributed by atoms with van der Waals surface area (Å²) < 4.78 is 21.9. The Morgan fingerprint density at radius 2 is 1.13 bits per heavy atom. The number of likely N-dealkylation sites (tertiary alicyclic amines) is 2. The number of nitrogens with zero attached hydrogens (tertiary/aromatic N) is 4. The van der Waals surface area contributed by atoms with Gasteiger partial charge in [0.1, 0.15) is 34.6 Å². The Labute approximate surface area is 402 Å². The summed E-state index contributed by atoms with van der Waals surface area (Å²) in [6.45, 7) is 12.2. The van der Waals surface area contributed by atoms with Crippen molar-refractivity contribution in [2.75, 3.05) is 14.2 Å². The molecule has 9 rings (SSSR count). The summed E-state index contributed by atoms with van der Waals surface area (Å²) in [5, 5.41) is 6.16. The molecule has 1 saturated carbocycles. The zero-order valence-electron chi connectivity index (χ0n) is 40.2. The summed E-state index contributed by atoms with van der Waals surface area (Å²) in [6.07, 6.45) is 5.53. The monoisotopic (exact) mass is 952 g/mol. The third-order valence-corrected chi connectivity index (χ3v) is 15.5. The van der Waals surface area contributed by atoms with Crippen molar-refractivity contribution in [3.63, 3.8) is 0 Å². The van der Waals surface area contributed by atoms with E-state index in [9.17, 15) is 19.2 Å². The van der Waals surface area contributed by atoms with E-state index in [4.69, 9.17) is 40.5 Å². The number of benzene rings is 2. The molecular weight excluding hydrogens is 888 g/mol. The maximum Gasteiger partial charge on any atom is 0.407 e. The third kappa shape index (κ3) is 9.60. The van der Waals surface area contributed by atoms with Crippen LogP contribution in [-0.4, -0.2) is 117 Å². The number of ether oxygens (including phenoxy) is 4. The van der Waals surface area contributed by atoms with Gasteiger partial charge in [0.2, 0.25) is 11.8 Å². The first kappa shape index (κ1) is 47.6. The highest BCUT2D eigenvalue weighted by atomic mass is 35.5. The van der Waals surface area contributed by atoms with Crippen molar-refractivity contribution in [2.45, 2.75) is 147 Å². The van der Waals surface area contributed by atoms with Gasteiger partial charge in [-0.3, -0.25) is 9.59 Å². The Balaban J connectivity index is 0.886. The van der Waals surface area contributed by atoms with Crippen LogP contribution in [0, 0.1) is 23.7 Å². The average Bonchev–Trinajstić information content (AvgIpc) is 3.65. The Kier molecular flexibility index (Phi) is 13.7. The molecule has 0 bridgehead atoms. The lowest BCUT2D eigenvalue weighted by atomic mass is 9.85. The van der Waals surface area contributed by atoms with Crippen molar-refractivity contribution in [1.29, 1.82) is 0 Å². The molecule has 0 radical (unpaired) electrons. The lowest BCUT2D eigenvalue weighted by Crippen LogP contribution is -2.55. The van der Waals surface area contributed by atoms with Crippen molar-refractivity contribution < 1.29 is 38.1 Å². The third-order valence-electron chi connectivity index (χ3n) is 15.2. The molecule has 17 heteroatoms. The molecule has 6 heterocycles. The number of aromatic amines is 2. The van der Waals surface area contributed by atoms with Gasteiger partial charge in [0.25, 0.3) is 0 Å². The van der Waals surface area contributed by atoms with Crippen molar-refractivity contribution >= 4 is 35.6 Å². The second-order valence-corrected chi connectivity index (χ2v) is 20.5. The first-order valence-electron chi connectivity index (χ1n) is 24.3. The second-order valence-electron chi connectivity index (χ2n) is 20.1. The van der Waals surface area contributed by atoms with Crippen molar-refractivity contribution in [1.82, 2.24) is 40.4 Å². The molecule has 4 N–H and O–H groups in total. The Hall–Kier alpha value is -5.45. The molecule has 2 aromatic heterocycles. The minimum atomic E-state index is -0.755. The van der Waals surface area contributed by atoms with E-state index in [1.165, 1.54) is 14.2 Å². The highest BCUT2D eigenvalue weighted by molar-refractivity contribution is 6.32. The zero-order valence-corrected chi connectivity index (χ0v) is 40.9. The van der Waals surface area contributed by atoms with Crippen LogP contribution in [0.3, 0.4) is 0 Å². The van der Waals surface area contributed by atoms with Crippen molar-refractivity contribution in [3.8, 4) is 33.6 Å². The fourth-order valence-electron chi connectivity index (χ4n) is 11.8. The van der Waals surface area contributed by atoms with Crippen LogP contribution in [-0.2, 0) is 28.5 Å². The van der Waals surface area contributed by atoms with E-state index in [0.717, 1.165) is 47.2 Å². The summed E-state index contributed by atoms with van der Waals surface area (Å²) in [7, 11) is 2.63. The highest BCUT2D eigenvalue weighted by Gasteiger charge is 2.57. The number of amides is 4. The number of fused-ring (bicyclic) bond motifs is 1. The molecule has 5 fully saturated rings. The van der Waals surface area contributed by atoms with Gasteiger partial charge >= 0.3 is 12.2 Å². The fourth-order valence-corrected chi connectivity index (χ4v) is 12.0. The van der Waals surface area contributed by atoms with E-state index in [1.807, 2.05) is 80.1 Å². The maximum atomic E-state index is 14.6. The van der Waals surface area contributed by atoms with Gasteiger partial charge < -0.3 is 49.3 Å². The van der Waals surface area contributed by atoms with E-state index < -0.39 is 24.3 Å². The van der Waals surface area contributed by atoms with Crippen LogP contribution in [0.5, 0.6) is 0 Å². The number of hydrogen-bond donors (Lipinski definition) is 4. The van der Waals surface area contributed by atoms with Gasteiger partial charge in [0.15, 0.2) is 0 Å². The van der Waals surface area contributed by atoms with Crippen molar-refractivity contribution in [3.05, 3.63) is 71.5 Å². The van der Waals surface area contributed by atoms with Crippen LogP contribution in [0.25, 0.3) is 33.6 Å². The number of piperidine rings is 1.